The van der Waals surface area contributed by atoms with Gasteiger partial charge in [-0.05, 0) is 37.1 Å². The Morgan fingerprint density at radius 2 is 2.00 bits per heavy atom. The van der Waals surface area contributed by atoms with Crippen molar-refractivity contribution in [3.8, 4) is 0 Å². The molecule has 0 saturated carbocycles. The molecule has 0 bridgehead atoms. The maximum atomic E-state index is 9.84. The maximum absolute atomic E-state index is 9.84. The van der Waals surface area contributed by atoms with E-state index in [4.69, 9.17) is 0 Å². The number of benzene rings is 1. The van der Waals surface area contributed by atoms with Crippen LogP contribution in [0.25, 0.3) is 0 Å². The Morgan fingerprint density at radius 1 is 1.28 bits per heavy atom. The van der Waals surface area contributed by atoms with E-state index < -0.39 is 6.10 Å². The molecule has 1 heterocycles. The van der Waals surface area contributed by atoms with Crippen molar-refractivity contribution in [1.29, 1.82) is 0 Å². The van der Waals surface area contributed by atoms with Crippen molar-refractivity contribution in [3.05, 3.63) is 53.7 Å². The highest BCUT2D eigenvalue weighted by Gasteiger charge is 2.09. The molecule has 2 nitrogen and oxygen atoms in total. The molecule has 1 aromatic heterocycles. The summed E-state index contributed by atoms with van der Waals surface area (Å²) in [6.45, 7) is 3.99. The lowest BCUT2D eigenvalue weighted by molar-refractivity contribution is 0.172. The zero-order chi connectivity index (χ0) is 13.0. The van der Waals surface area contributed by atoms with Crippen molar-refractivity contribution in [2.75, 3.05) is 0 Å². The van der Waals surface area contributed by atoms with Gasteiger partial charge in [0.15, 0.2) is 0 Å². The molecule has 1 aromatic carbocycles. The van der Waals surface area contributed by atoms with Crippen LogP contribution in [-0.4, -0.2) is 10.1 Å². The minimum absolute atomic E-state index is 0.409. The van der Waals surface area contributed by atoms with E-state index in [1.807, 2.05) is 38.1 Å². The molecule has 0 amide bonds. The van der Waals surface area contributed by atoms with E-state index in [9.17, 15) is 5.11 Å². The van der Waals surface area contributed by atoms with Crippen molar-refractivity contribution < 1.29 is 5.11 Å². The highest BCUT2D eigenvalue weighted by molar-refractivity contribution is 7.99. The third-order valence-corrected chi connectivity index (χ3v) is 3.78. The predicted octanol–water partition coefficient (Wildman–Crippen LogP) is 3.98. The molecule has 0 unspecified atom stereocenters. The molecule has 0 aliphatic heterocycles. The Kier molecular flexibility index (Phi) is 4.39. The molecule has 0 spiro atoms. The number of pyridine rings is 1. The number of nitrogens with zero attached hydrogens (tertiary/aromatic N) is 1. The van der Waals surface area contributed by atoms with Gasteiger partial charge in [0.05, 0.1) is 6.10 Å². The van der Waals surface area contributed by atoms with E-state index in [2.05, 4.69) is 17.1 Å². The van der Waals surface area contributed by atoms with Crippen molar-refractivity contribution in [3.63, 3.8) is 0 Å². The number of aromatic nitrogens is 1. The van der Waals surface area contributed by atoms with E-state index in [0.717, 1.165) is 16.2 Å². The van der Waals surface area contributed by atoms with Crippen LogP contribution in [0.4, 0.5) is 0 Å². The van der Waals surface area contributed by atoms with Gasteiger partial charge in [0.25, 0.3) is 0 Å². The van der Waals surface area contributed by atoms with E-state index in [1.54, 1.807) is 18.0 Å². The summed E-state index contributed by atoms with van der Waals surface area (Å²) in [5.74, 6) is 0. The number of aliphatic hydroxyl groups is 1. The average molecular weight is 259 g/mol. The molecule has 18 heavy (non-hydrogen) atoms. The smallest absolute Gasteiger partial charge is 0.101 e. The van der Waals surface area contributed by atoms with Crippen molar-refractivity contribution in [2.24, 2.45) is 0 Å². The van der Waals surface area contributed by atoms with Gasteiger partial charge < -0.3 is 5.11 Å². The molecule has 0 radical (unpaired) electrons. The van der Waals surface area contributed by atoms with Crippen LogP contribution in [0.5, 0.6) is 0 Å². The molecule has 2 rings (SSSR count). The summed E-state index contributed by atoms with van der Waals surface area (Å²) in [6, 6.07) is 12.2. The van der Waals surface area contributed by atoms with Crippen LogP contribution < -0.4 is 0 Å². The first kappa shape index (κ1) is 13.1. The Morgan fingerprint density at radius 3 is 2.61 bits per heavy atom. The Bertz CT molecular complexity index is 513. The molecule has 1 atom stereocenters. The molecular formula is C15H17NOS. The Labute approximate surface area is 112 Å². The largest absolute Gasteiger partial charge is 0.388 e. The summed E-state index contributed by atoms with van der Waals surface area (Å²) in [6.07, 6.45) is 2.09. The summed E-state index contributed by atoms with van der Waals surface area (Å²) < 4.78 is 0. The Hall–Kier alpha value is -1.32. The first-order valence-corrected chi connectivity index (χ1v) is 6.90. The first-order chi connectivity index (χ1) is 8.70. The summed E-state index contributed by atoms with van der Waals surface area (Å²) in [5.41, 5.74) is 2.02. The zero-order valence-corrected chi connectivity index (χ0v) is 11.4. The quantitative estimate of drug-likeness (QED) is 0.901. The molecule has 0 fully saturated rings. The molecule has 0 aliphatic carbocycles. The zero-order valence-electron chi connectivity index (χ0n) is 10.6. The lowest BCUT2D eigenvalue weighted by Gasteiger charge is -2.12. The van der Waals surface area contributed by atoms with Crippen LogP contribution in [0.3, 0.4) is 0 Å². The Balaban J connectivity index is 2.19. The molecule has 2 aromatic rings. The molecule has 1 N–H and O–H groups in total. The van der Waals surface area contributed by atoms with Gasteiger partial charge in [-0.25, -0.2) is 4.98 Å². The second-order valence-electron chi connectivity index (χ2n) is 4.22. The minimum Gasteiger partial charge on any atom is -0.388 e. The summed E-state index contributed by atoms with van der Waals surface area (Å²) in [5, 5.41) is 10.8. The highest BCUT2D eigenvalue weighted by Crippen LogP contribution is 2.28. The molecular weight excluding hydrogens is 242 g/mol. The van der Waals surface area contributed by atoms with Gasteiger partial charge in [-0.3, -0.25) is 0 Å². The number of hydrogen-bond acceptors (Lipinski definition) is 3. The predicted molar refractivity (Wildman–Crippen MR) is 74.8 cm³/mol. The van der Waals surface area contributed by atoms with E-state index in [0.29, 0.717) is 6.42 Å². The SMILES string of the molecule is CC[C@@H](O)c1cnc(Sc2ccccc2)cc1C. The normalized spacial score (nSPS) is 12.4. The minimum atomic E-state index is -0.409. The molecule has 0 aliphatic rings. The lowest BCUT2D eigenvalue weighted by Crippen LogP contribution is -1.99. The molecule has 3 heteroatoms. The topological polar surface area (TPSA) is 33.1 Å². The van der Waals surface area contributed by atoms with E-state index in [-0.39, 0.29) is 0 Å². The van der Waals surface area contributed by atoms with Crippen LogP contribution >= 0.6 is 11.8 Å². The fourth-order valence-electron chi connectivity index (χ4n) is 1.77. The highest BCUT2D eigenvalue weighted by atomic mass is 32.2. The summed E-state index contributed by atoms with van der Waals surface area (Å²) in [7, 11) is 0. The summed E-state index contributed by atoms with van der Waals surface area (Å²) in [4.78, 5) is 5.58. The number of aliphatic hydroxyl groups excluding tert-OH is 1. The van der Waals surface area contributed by atoms with Gasteiger partial charge in [0, 0.05) is 16.7 Å². The van der Waals surface area contributed by atoms with Gasteiger partial charge in [-0.2, -0.15) is 0 Å². The van der Waals surface area contributed by atoms with E-state index >= 15 is 0 Å². The van der Waals surface area contributed by atoms with Crippen LogP contribution in [0, 0.1) is 6.92 Å². The van der Waals surface area contributed by atoms with Crippen LogP contribution in [0.15, 0.2) is 52.5 Å². The second-order valence-corrected chi connectivity index (χ2v) is 5.31. The van der Waals surface area contributed by atoms with E-state index in [1.165, 1.54) is 4.90 Å². The van der Waals surface area contributed by atoms with Crippen LogP contribution in [0.1, 0.15) is 30.6 Å². The second kappa shape index (κ2) is 6.03. The maximum Gasteiger partial charge on any atom is 0.101 e. The lowest BCUT2D eigenvalue weighted by atomic mass is 10.1. The van der Waals surface area contributed by atoms with Gasteiger partial charge in [-0.15, -0.1) is 0 Å². The number of hydrogen-bond donors (Lipinski definition) is 1. The molecule has 94 valence electrons. The van der Waals surface area contributed by atoms with Crippen LogP contribution in [0.2, 0.25) is 0 Å². The fourth-order valence-corrected chi connectivity index (χ4v) is 2.65. The van der Waals surface area contributed by atoms with Crippen molar-refractivity contribution >= 4 is 11.8 Å². The number of rotatable bonds is 4. The number of aryl methyl sites for hydroxylation is 1. The van der Waals surface area contributed by atoms with Crippen molar-refractivity contribution in [1.82, 2.24) is 4.98 Å². The monoisotopic (exact) mass is 259 g/mol. The van der Waals surface area contributed by atoms with Gasteiger partial charge in [0.1, 0.15) is 5.03 Å². The van der Waals surface area contributed by atoms with Crippen molar-refractivity contribution in [2.45, 2.75) is 36.3 Å². The third-order valence-electron chi connectivity index (χ3n) is 2.84. The average Bonchev–Trinajstić information content (AvgIpc) is 2.39. The van der Waals surface area contributed by atoms with Gasteiger partial charge in [0.2, 0.25) is 0 Å². The standard InChI is InChI=1S/C15H17NOS/c1-3-14(17)13-10-16-15(9-11(13)2)18-12-7-5-4-6-8-12/h4-10,14,17H,3H2,1-2H3/t14-/m1/s1. The van der Waals surface area contributed by atoms with Gasteiger partial charge >= 0.3 is 0 Å². The summed E-state index contributed by atoms with van der Waals surface area (Å²) >= 11 is 1.64. The first-order valence-electron chi connectivity index (χ1n) is 6.08. The fraction of sp³-hybridized carbons (Fsp3) is 0.267. The third kappa shape index (κ3) is 3.12. The van der Waals surface area contributed by atoms with Gasteiger partial charge in [-0.1, -0.05) is 36.9 Å². The van der Waals surface area contributed by atoms with Crippen LogP contribution in [-0.2, 0) is 0 Å². The molecule has 0 saturated heterocycles.